The molecule has 1 aliphatic heterocycles. The van der Waals surface area contributed by atoms with Crippen molar-refractivity contribution < 1.29 is 19.1 Å². The fourth-order valence-electron chi connectivity index (χ4n) is 3.77. The monoisotopic (exact) mass is 305 g/mol. The van der Waals surface area contributed by atoms with Crippen molar-refractivity contribution in [3.63, 3.8) is 0 Å². The summed E-state index contributed by atoms with van der Waals surface area (Å²) >= 11 is 0. The lowest BCUT2D eigenvalue weighted by Gasteiger charge is -2.44. The molecule has 1 saturated carbocycles. The second-order valence-electron chi connectivity index (χ2n) is 6.42. The molecule has 1 saturated heterocycles. The number of carbonyl (C=O) groups excluding carboxylic acids is 1. The molecule has 118 valence electrons. The van der Waals surface area contributed by atoms with Gasteiger partial charge in [0.15, 0.2) is 0 Å². The lowest BCUT2D eigenvalue weighted by Crippen LogP contribution is -2.52. The molecule has 1 aromatic rings. The number of carboxylic acid groups (broad SMARTS) is 1. The van der Waals surface area contributed by atoms with Crippen LogP contribution in [0.3, 0.4) is 0 Å². The van der Waals surface area contributed by atoms with E-state index in [4.69, 9.17) is 0 Å². The Bertz CT molecular complexity index is 612. The van der Waals surface area contributed by atoms with Crippen LogP contribution in [-0.2, 0) is 15.0 Å². The van der Waals surface area contributed by atoms with Crippen molar-refractivity contribution in [1.82, 2.24) is 4.90 Å². The molecule has 0 spiro atoms. The quantitative estimate of drug-likeness (QED) is 0.933. The summed E-state index contributed by atoms with van der Waals surface area (Å²) in [7, 11) is 0. The third-order valence-corrected chi connectivity index (χ3v) is 5.33. The van der Waals surface area contributed by atoms with E-state index in [-0.39, 0.29) is 17.8 Å². The van der Waals surface area contributed by atoms with Crippen molar-refractivity contribution in [2.45, 2.75) is 44.1 Å². The van der Waals surface area contributed by atoms with Crippen LogP contribution in [0.1, 0.15) is 38.2 Å². The van der Waals surface area contributed by atoms with E-state index in [0.717, 1.165) is 12.0 Å². The van der Waals surface area contributed by atoms with Crippen molar-refractivity contribution in [2.75, 3.05) is 6.54 Å². The summed E-state index contributed by atoms with van der Waals surface area (Å²) in [6.07, 6.45) is 2.83. The largest absolute Gasteiger partial charge is 0.481 e. The molecular formula is C17H20FNO3. The summed E-state index contributed by atoms with van der Waals surface area (Å²) in [5.41, 5.74) is 0.0544. The second-order valence-corrected chi connectivity index (χ2v) is 6.42. The Morgan fingerprint density at radius 3 is 2.59 bits per heavy atom. The van der Waals surface area contributed by atoms with Gasteiger partial charge in [-0.25, -0.2) is 4.39 Å². The predicted octanol–water partition coefficient (Wildman–Crippen LogP) is 2.57. The van der Waals surface area contributed by atoms with E-state index < -0.39 is 17.3 Å². The number of hydrogen-bond donors (Lipinski definition) is 1. The summed E-state index contributed by atoms with van der Waals surface area (Å²) < 4.78 is 13.5. The summed E-state index contributed by atoms with van der Waals surface area (Å²) in [4.78, 5) is 26.0. The smallest absolute Gasteiger partial charge is 0.308 e. The van der Waals surface area contributed by atoms with E-state index in [1.54, 1.807) is 24.0 Å². The van der Waals surface area contributed by atoms with Crippen molar-refractivity contribution in [1.29, 1.82) is 0 Å². The fraction of sp³-hybridized carbons (Fsp3) is 0.529. The minimum atomic E-state index is -0.851. The maximum absolute atomic E-state index is 13.5. The van der Waals surface area contributed by atoms with Crippen LogP contribution in [0.25, 0.3) is 0 Å². The molecule has 4 nitrogen and oxygen atoms in total. The Morgan fingerprint density at radius 1 is 1.36 bits per heavy atom. The lowest BCUT2D eigenvalue weighted by atomic mass is 9.63. The van der Waals surface area contributed by atoms with Crippen LogP contribution in [0.5, 0.6) is 0 Å². The first-order chi connectivity index (χ1) is 10.5. The molecule has 2 atom stereocenters. The molecular weight excluding hydrogens is 285 g/mol. The van der Waals surface area contributed by atoms with Gasteiger partial charge in [0.25, 0.3) is 0 Å². The molecule has 1 N–H and O–H groups in total. The molecule has 0 radical (unpaired) electrons. The van der Waals surface area contributed by atoms with Crippen molar-refractivity contribution >= 4 is 11.9 Å². The molecule has 1 aromatic carbocycles. The van der Waals surface area contributed by atoms with Gasteiger partial charge in [0, 0.05) is 12.6 Å². The Balaban J connectivity index is 1.88. The first kappa shape index (κ1) is 15.0. The number of carbonyl (C=O) groups is 2. The van der Waals surface area contributed by atoms with Crippen LogP contribution in [0.2, 0.25) is 0 Å². The first-order valence-corrected chi connectivity index (χ1v) is 7.75. The summed E-state index contributed by atoms with van der Waals surface area (Å²) in [6, 6.07) is 5.93. The van der Waals surface area contributed by atoms with Crippen LogP contribution in [0.4, 0.5) is 4.39 Å². The van der Waals surface area contributed by atoms with E-state index in [9.17, 15) is 19.1 Å². The van der Waals surface area contributed by atoms with E-state index >= 15 is 0 Å². The Labute approximate surface area is 128 Å². The van der Waals surface area contributed by atoms with Crippen LogP contribution >= 0.6 is 0 Å². The van der Waals surface area contributed by atoms with Crippen molar-refractivity contribution in [3.05, 3.63) is 35.6 Å². The molecule has 5 heteroatoms. The van der Waals surface area contributed by atoms with E-state index in [0.29, 0.717) is 25.8 Å². The highest BCUT2D eigenvalue weighted by molar-refractivity contribution is 5.90. The van der Waals surface area contributed by atoms with Gasteiger partial charge in [-0.1, -0.05) is 18.6 Å². The molecule has 1 amide bonds. The maximum Gasteiger partial charge on any atom is 0.308 e. The molecule has 2 unspecified atom stereocenters. The number of aliphatic carboxylic acids is 1. The standard InChI is InChI=1S/C17H20FNO3/c1-11-14(15(20)21)6-9-19(11)16(22)17(7-3-8-17)12-4-2-5-13(18)10-12/h2,4-5,10-11,14H,3,6-9H2,1H3,(H,20,21). The zero-order chi connectivity index (χ0) is 15.9. The first-order valence-electron chi connectivity index (χ1n) is 7.75. The summed E-state index contributed by atoms with van der Waals surface area (Å²) in [5.74, 6) is -1.74. The zero-order valence-electron chi connectivity index (χ0n) is 12.6. The van der Waals surface area contributed by atoms with Crippen molar-refractivity contribution in [3.8, 4) is 0 Å². The average Bonchev–Trinajstić information content (AvgIpc) is 2.79. The number of carboxylic acids is 1. The third kappa shape index (κ3) is 2.19. The van der Waals surface area contributed by atoms with Gasteiger partial charge in [0.05, 0.1) is 11.3 Å². The number of likely N-dealkylation sites (tertiary alicyclic amines) is 1. The van der Waals surface area contributed by atoms with E-state index in [2.05, 4.69) is 0 Å². The third-order valence-electron chi connectivity index (χ3n) is 5.33. The topological polar surface area (TPSA) is 57.6 Å². The van der Waals surface area contributed by atoms with Gasteiger partial charge in [-0.05, 0) is 43.9 Å². The lowest BCUT2D eigenvalue weighted by molar-refractivity contribution is -0.145. The SMILES string of the molecule is CC1C(C(=O)O)CCN1C(=O)C1(c2cccc(F)c2)CCC1. The molecule has 0 bridgehead atoms. The fourth-order valence-corrected chi connectivity index (χ4v) is 3.77. The van der Waals surface area contributed by atoms with Gasteiger partial charge in [0.1, 0.15) is 5.82 Å². The van der Waals surface area contributed by atoms with E-state index in [1.165, 1.54) is 12.1 Å². The van der Waals surface area contributed by atoms with Crippen LogP contribution < -0.4 is 0 Å². The maximum atomic E-state index is 13.5. The van der Waals surface area contributed by atoms with Crippen LogP contribution in [0.15, 0.2) is 24.3 Å². The highest BCUT2D eigenvalue weighted by Crippen LogP contribution is 2.46. The number of amides is 1. The molecule has 1 aliphatic carbocycles. The second kappa shape index (κ2) is 5.38. The van der Waals surface area contributed by atoms with Gasteiger partial charge in [-0.2, -0.15) is 0 Å². The van der Waals surface area contributed by atoms with Gasteiger partial charge in [0.2, 0.25) is 5.91 Å². The zero-order valence-corrected chi connectivity index (χ0v) is 12.6. The van der Waals surface area contributed by atoms with Gasteiger partial charge < -0.3 is 10.0 Å². The molecule has 0 aromatic heterocycles. The minimum Gasteiger partial charge on any atom is -0.481 e. The number of hydrogen-bond acceptors (Lipinski definition) is 2. The highest BCUT2D eigenvalue weighted by atomic mass is 19.1. The Morgan fingerprint density at radius 2 is 2.09 bits per heavy atom. The van der Waals surface area contributed by atoms with E-state index in [1.807, 2.05) is 0 Å². The minimum absolute atomic E-state index is 0.0411. The Kier molecular flexibility index (Phi) is 3.67. The number of nitrogens with zero attached hydrogens (tertiary/aromatic N) is 1. The molecule has 2 fully saturated rings. The summed E-state index contributed by atoms with van der Waals surface area (Å²) in [5, 5.41) is 9.22. The molecule has 1 heterocycles. The van der Waals surface area contributed by atoms with Gasteiger partial charge >= 0.3 is 5.97 Å². The molecule has 2 aliphatic rings. The van der Waals surface area contributed by atoms with Gasteiger partial charge in [-0.15, -0.1) is 0 Å². The normalized spacial score (nSPS) is 26.5. The Hall–Kier alpha value is -1.91. The summed E-state index contributed by atoms with van der Waals surface area (Å²) in [6.45, 7) is 2.26. The van der Waals surface area contributed by atoms with Crippen molar-refractivity contribution in [2.24, 2.45) is 5.92 Å². The number of benzene rings is 1. The number of rotatable bonds is 3. The molecule has 3 rings (SSSR count). The predicted molar refractivity (Wildman–Crippen MR) is 78.8 cm³/mol. The average molecular weight is 305 g/mol. The van der Waals surface area contributed by atoms with Crippen LogP contribution in [0, 0.1) is 11.7 Å². The number of halogens is 1. The molecule has 22 heavy (non-hydrogen) atoms. The highest BCUT2D eigenvalue weighted by Gasteiger charge is 2.51. The van der Waals surface area contributed by atoms with Crippen LogP contribution in [-0.4, -0.2) is 34.5 Å². The van der Waals surface area contributed by atoms with Gasteiger partial charge in [-0.3, -0.25) is 9.59 Å².